The maximum absolute atomic E-state index is 15.1. The second-order valence-electron chi connectivity index (χ2n) is 11.0. The molecule has 5 heterocycles. The zero-order chi connectivity index (χ0) is 26.5. The summed E-state index contributed by atoms with van der Waals surface area (Å²) in [6.45, 7) is 2.34. The lowest BCUT2D eigenvalue weighted by Gasteiger charge is -2.26. The van der Waals surface area contributed by atoms with Crippen LogP contribution in [0.5, 0.6) is 5.88 Å². The molecule has 3 fully saturated rings. The SMILES string of the molecule is O=C(C1CC=C(c2ccc(-c3nc4cc(OC5COC6C5OC[C@H]6O)[nH]c4cc3F)cc2)CC1)N1CCCC1. The summed E-state index contributed by atoms with van der Waals surface area (Å²) >= 11 is 0. The zero-order valence-corrected chi connectivity index (χ0v) is 21.6. The molecule has 4 aliphatic rings. The number of amides is 1. The molecule has 1 amide bonds. The topological polar surface area (TPSA) is 96.9 Å². The Kier molecular flexibility index (Phi) is 6.37. The molecular formula is C30H32FN3O5. The molecule has 9 heteroatoms. The lowest BCUT2D eigenvalue weighted by Crippen LogP contribution is -2.34. The van der Waals surface area contributed by atoms with E-state index in [0.717, 1.165) is 50.8 Å². The third kappa shape index (κ3) is 4.62. The first-order chi connectivity index (χ1) is 19.0. The number of fused-ring (bicyclic) bond motifs is 2. The molecule has 204 valence electrons. The summed E-state index contributed by atoms with van der Waals surface area (Å²) < 4.78 is 32.4. The molecule has 2 N–H and O–H groups in total. The Labute approximate surface area is 225 Å². The number of aliphatic hydroxyl groups excluding tert-OH is 1. The number of ether oxygens (including phenoxy) is 3. The molecule has 0 saturated carbocycles. The van der Waals surface area contributed by atoms with Gasteiger partial charge in [0.15, 0.2) is 17.8 Å². The van der Waals surface area contributed by atoms with Crippen LogP contribution in [0.2, 0.25) is 0 Å². The number of carbonyl (C=O) groups is 1. The highest BCUT2D eigenvalue weighted by atomic mass is 19.1. The van der Waals surface area contributed by atoms with E-state index in [1.54, 1.807) is 6.07 Å². The van der Waals surface area contributed by atoms with Crippen LogP contribution in [0.4, 0.5) is 4.39 Å². The number of rotatable bonds is 5. The van der Waals surface area contributed by atoms with Crippen molar-refractivity contribution >= 4 is 22.5 Å². The lowest BCUT2D eigenvalue weighted by molar-refractivity contribution is -0.134. The van der Waals surface area contributed by atoms with Gasteiger partial charge in [-0.25, -0.2) is 9.37 Å². The molecule has 2 aromatic heterocycles. The molecule has 39 heavy (non-hydrogen) atoms. The highest BCUT2D eigenvalue weighted by Crippen LogP contribution is 2.34. The van der Waals surface area contributed by atoms with Crippen molar-refractivity contribution in [2.75, 3.05) is 26.3 Å². The Morgan fingerprint density at radius 3 is 2.62 bits per heavy atom. The molecule has 3 aromatic rings. The Morgan fingerprint density at radius 1 is 1.08 bits per heavy atom. The number of aromatic nitrogens is 2. The predicted molar refractivity (Wildman–Crippen MR) is 143 cm³/mol. The van der Waals surface area contributed by atoms with Crippen LogP contribution in [-0.4, -0.2) is 76.6 Å². The maximum Gasteiger partial charge on any atom is 0.226 e. The number of H-pyrrole nitrogens is 1. The summed E-state index contributed by atoms with van der Waals surface area (Å²) in [6, 6.07) is 11.0. The number of hydrogen-bond acceptors (Lipinski definition) is 6. The number of allylic oxidation sites excluding steroid dienone is 2. The van der Waals surface area contributed by atoms with Crippen molar-refractivity contribution in [3.8, 4) is 17.1 Å². The number of carbonyl (C=O) groups excluding carboxylic acids is 1. The quantitative estimate of drug-likeness (QED) is 0.513. The van der Waals surface area contributed by atoms with Crippen molar-refractivity contribution in [3.63, 3.8) is 0 Å². The molecule has 3 aliphatic heterocycles. The van der Waals surface area contributed by atoms with Gasteiger partial charge in [-0.05, 0) is 43.2 Å². The van der Waals surface area contributed by atoms with Crippen molar-refractivity contribution in [1.82, 2.24) is 14.9 Å². The number of likely N-dealkylation sites (tertiary alicyclic amines) is 1. The number of halogens is 1. The average molecular weight is 534 g/mol. The second kappa shape index (κ2) is 10.0. The van der Waals surface area contributed by atoms with Crippen LogP contribution in [0.25, 0.3) is 27.9 Å². The molecular weight excluding hydrogens is 501 g/mol. The monoisotopic (exact) mass is 533 g/mol. The molecule has 0 spiro atoms. The van der Waals surface area contributed by atoms with Crippen LogP contribution in [0.3, 0.4) is 0 Å². The number of nitrogens with one attached hydrogen (secondary N) is 1. The number of hydrogen-bond donors (Lipinski definition) is 2. The lowest BCUT2D eigenvalue weighted by atomic mass is 9.85. The van der Waals surface area contributed by atoms with Crippen LogP contribution in [-0.2, 0) is 14.3 Å². The summed E-state index contributed by atoms with van der Waals surface area (Å²) in [5, 5.41) is 9.94. The first-order valence-corrected chi connectivity index (χ1v) is 13.9. The van der Waals surface area contributed by atoms with Crippen LogP contribution in [0.1, 0.15) is 37.7 Å². The maximum atomic E-state index is 15.1. The van der Waals surface area contributed by atoms with Crippen molar-refractivity contribution < 1.29 is 28.5 Å². The molecule has 7 rings (SSSR count). The smallest absolute Gasteiger partial charge is 0.226 e. The van der Waals surface area contributed by atoms with Gasteiger partial charge in [-0.1, -0.05) is 30.3 Å². The van der Waals surface area contributed by atoms with Crippen LogP contribution in [0, 0.1) is 11.7 Å². The van der Waals surface area contributed by atoms with Gasteiger partial charge in [-0.15, -0.1) is 0 Å². The Balaban J connectivity index is 1.05. The Hall–Kier alpha value is -3.27. The first-order valence-electron chi connectivity index (χ1n) is 13.9. The third-order valence-corrected chi connectivity index (χ3v) is 8.50. The number of pyridine rings is 1. The fourth-order valence-electron chi connectivity index (χ4n) is 6.34. The van der Waals surface area contributed by atoms with E-state index in [4.69, 9.17) is 14.2 Å². The van der Waals surface area contributed by atoms with Gasteiger partial charge in [0.05, 0.1) is 24.2 Å². The normalized spacial score (nSPS) is 28.6. The van der Waals surface area contributed by atoms with Gasteiger partial charge in [0, 0.05) is 36.7 Å². The van der Waals surface area contributed by atoms with Crippen LogP contribution < -0.4 is 4.74 Å². The number of aromatic amines is 1. The van der Waals surface area contributed by atoms with Gasteiger partial charge in [0.1, 0.15) is 24.0 Å². The molecule has 4 unspecified atom stereocenters. The largest absolute Gasteiger partial charge is 0.470 e. The van der Waals surface area contributed by atoms with Crippen LogP contribution in [0.15, 0.2) is 42.5 Å². The second-order valence-corrected chi connectivity index (χ2v) is 11.0. The summed E-state index contributed by atoms with van der Waals surface area (Å²) in [7, 11) is 0. The van der Waals surface area contributed by atoms with Gasteiger partial charge < -0.3 is 29.2 Å². The fourth-order valence-corrected chi connectivity index (χ4v) is 6.34. The van der Waals surface area contributed by atoms with E-state index in [-0.39, 0.29) is 36.5 Å². The molecule has 1 aliphatic carbocycles. The van der Waals surface area contributed by atoms with E-state index in [9.17, 15) is 9.90 Å². The van der Waals surface area contributed by atoms with E-state index in [2.05, 4.69) is 16.0 Å². The minimum absolute atomic E-state index is 0.0891. The number of benzene rings is 1. The van der Waals surface area contributed by atoms with E-state index in [1.807, 2.05) is 29.2 Å². The van der Waals surface area contributed by atoms with Crippen molar-refractivity contribution in [2.45, 2.75) is 56.5 Å². The Bertz CT molecular complexity index is 1410. The minimum atomic E-state index is -0.647. The minimum Gasteiger partial charge on any atom is -0.470 e. The summed E-state index contributed by atoms with van der Waals surface area (Å²) in [6.07, 6.45) is 5.22. The average Bonchev–Trinajstić information content (AvgIpc) is 3.76. The van der Waals surface area contributed by atoms with Gasteiger partial charge in [0.25, 0.3) is 0 Å². The van der Waals surface area contributed by atoms with Crippen LogP contribution >= 0.6 is 0 Å². The summed E-state index contributed by atoms with van der Waals surface area (Å²) in [5.74, 6) is 0.427. The van der Waals surface area contributed by atoms with Gasteiger partial charge in [0.2, 0.25) is 5.91 Å². The summed E-state index contributed by atoms with van der Waals surface area (Å²) in [4.78, 5) is 22.4. The third-order valence-electron chi connectivity index (χ3n) is 8.50. The fraction of sp³-hybridized carbons (Fsp3) is 0.467. The van der Waals surface area contributed by atoms with Crippen molar-refractivity contribution in [1.29, 1.82) is 0 Å². The van der Waals surface area contributed by atoms with E-state index in [1.165, 1.54) is 11.6 Å². The standard InChI is InChI=1S/C30H32FN3O5/c31-21-13-22-23(14-26(32-22)39-25-16-38-28-24(35)15-37-29(25)28)33-27(21)19-7-3-17(4-8-19)18-5-9-20(10-6-18)30(36)34-11-1-2-12-34/h3-5,7-8,13-14,20,24-25,28-29,32,35H,1-2,6,9-12,15-16H2/t20?,24-,25?,28?,29?/m1/s1. The zero-order valence-electron chi connectivity index (χ0n) is 21.6. The van der Waals surface area contributed by atoms with Crippen molar-refractivity contribution in [2.24, 2.45) is 5.92 Å². The summed E-state index contributed by atoms with van der Waals surface area (Å²) in [5.41, 5.74) is 4.44. The number of aliphatic hydroxyl groups is 1. The van der Waals surface area contributed by atoms with Crippen molar-refractivity contribution in [3.05, 3.63) is 53.9 Å². The molecule has 5 atom stereocenters. The van der Waals surface area contributed by atoms with Gasteiger partial charge >= 0.3 is 0 Å². The number of nitrogens with zero attached hydrogens (tertiary/aromatic N) is 2. The highest BCUT2D eigenvalue weighted by molar-refractivity contribution is 5.82. The molecule has 0 bridgehead atoms. The highest BCUT2D eigenvalue weighted by Gasteiger charge is 2.48. The molecule has 3 saturated heterocycles. The molecule has 8 nitrogen and oxygen atoms in total. The van der Waals surface area contributed by atoms with Gasteiger partial charge in [-0.2, -0.15) is 0 Å². The molecule has 0 radical (unpaired) electrons. The molecule has 1 aromatic carbocycles. The first kappa shape index (κ1) is 24.7. The Morgan fingerprint density at radius 2 is 1.85 bits per heavy atom. The van der Waals surface area contributed by atoms with E-state index in [0.29, 0.717) is 35.0 Å². The predicted octanol–water partition coefficient (Wildman–Crippen LogP) is 4.08. The van der Waals surface area contributed by atoms with E-state index < -0.39 is 11.9 Å². The van der Waals surface area contributed by atoms with E-state index >= 15 is 4.39 Å². The van der Waals surface area contributed by atoms with Gasteiger partial charge in [-0.3, -0.25) is 4.79 Å².